The number of carboxylic acid groups (broad SMARTS) is 1. The fourth-order valence-corrected chi connectivity index (χ4v) is 2.80. The van der Waals surface area contributed by atoms with Crippen molar-refractivity contribution in [2.24, 2.45) is 0 Å². The number of hydrogen-bond donors (Lipinski definition) is 2. The number of rotatable bonds is 5. The Bertz CT molecular complexity index is 711. The highest BCUT2D eigenvalue weighted by atomic mass is 32.1. The monoisotopic (exact) mass is 307 g/mol. The van der Waals surface area contributed by atoms with Gasteiger partial charge in [0.2, 0.25) is 0 Å². The van der Waals surface area contributed by atoms with Crippen LogP contribution in [-0.2, 0) is 6.42 Å². The van der Waals surface area contributed by atoms with Gasteiger partial charge in [-0.25, -0.2) is 9.78 Å². The first kappa shape index (κ1) is 14.9. The zero-order valence-electron chi connectivity index (χ0n) is 11.4. The van der Waals surface area contributed by atoms with E-state index in [1.165, 1.54) is 29.5 Å². The third-order valence-electron chi connectivity index (χ3n) is 2.90. The lowest BCUT2D eigenvalue weighted by Crippen LogP contribution is -2.03. The van der Waals surface area contributed by atoms with Crippen LogP contribution in [0.1, 0.15) is 27.9 Å². The summed E-state index contributed by atoms with van der Waals surface area (Å²) in [5.41, 5.74) is 0.619. The fraction of sp³-hybridized carbons (Fsp3) is 0.231. The number of nitrogens with one attached hydrogen (secondary N) is 1. The molecule has 110 valence electrons. The van der Waals surface area contributed by atoms with Crippen LogP contribution < -0.4 is 5.32 Å². The highest BCUT2D eigenvalue weighted by Gasteiger charge is 2.20. The Kier molecular flexibility index (Phi) is 4.18. The number of nitro benzene ring substituents is 1. The maximum Gasteiger partial charge on any atom is 0.342 e. The molecule has 1 heterocycles. The van der Waals surface area contributed by atoms with Gasteiger partial charge in [-0.1, -0.05) is 6.92 Å². The number of benzene rings is 1. The molecule has 2 rings (SSSR count). The summed E-state index contributed by atoms with van der Waals surface area (Å²) in [7, 11) is 0. The number of aromatic nitrogens is 1. The van der Waals surface area contributed by atoms with Crippen LogP contribution in [0.5, 0.6) is 0 Å². The van der Waals surface area contributed by atoms with Gasteiger partial charge < -0.3 is 10.4 Å². The first-order valence-electron chi connectivity index (χ1n) is 6.17. The van der Waals surface area contributed by atoms with Gasteiger partial charge in [-0.2, -0.15) is 0 Å². The number of anilines is 2. The Hall–Kier alpha value is -2.48. The van der Waals surface area contributed by atoms with E-state index < -0.39 is 16.6 Å². The number of hydrogen-bond acceptors (Lipinski definition) is 6. The molecule has 0 atom stereocenters. The van der Waals surface area contributed by atoms with Crippen LogP contribution in [0, 0.1) is 17.0 Å². The third-order valence-corrected chi connectivity index (χ3v) is 3.83. The van der Waals surface area contributed by atoms with Crippen LogP contribution in [0.4, 0.5) is 16.5 Å². The number of carboxylic acids is 1. The van der Waals surface area contributed by atoms with Crippen LogP contribution in [0.25, 0.3) is 0 Å². The van der Waals surface area contributed by atoms with E-state index in [9.17, 15) is 14.9 Å². The first-order chi connectivity index (χ1) is 9.92. The van der Waals surface area contributed by atoms with E-state index >= 15 is 0 Å². The first-order valence-corrected chi connectivity index (χ1v) is 6.99. The SMILES string of the molecule is CCc1nc(Nc2ccc(C(=O)O)c([N+](=O)[O-])c2)sc1C. The standard InChI is InChI=1S/C13H13N3O4S/c1-3-10-7(2)21-13(15-10)14-8-4-5-9(12(17)18)11(6-8)16(19)20/h4-6H,3H2,1-2H3,(H,14,15)(H,17,18). The molecular weight excluding hydrogens is 294 g/mol. The third kappa shape index (κ3) is 3.16. The molecule has 0 saturated heterocycles. The van der Waals surface area contributed by atoms with E-state index in [1.807, 2.05) is 13.8 Å². The number of nitrogens with zero attached hydrogens (tertiary/aromatic N) is 2. The second kappa shape index (κ2) is 5.88. The normalized spacial score (nSPS) is 10.4. The van der Waals surface area contributed by atoms with Crippen molar-refractivity contribution in [3.63, 3.8) is 0 Å². The summed E-state index contributed by atoms with van der Waals surface area (Å²) in [5, 5.41) is 23.5. The molecule has 21 heavy (non-hydrogen) atoms. The van der Waals surface area contributed by atoms with E-state index in [1.54, 1.807) is 0 Å². The van der Waals surface area contributed by atoms with E-state index in [0.29, 0.717) is 10.8 Å². The molecular formula is C13H13N3O4S. The second-order valence-corrected chi connectivity index (χ2v) is 5.50. The van der Waals surface area contributed by atoms with E-state index in [4.69, 9.17) is 5.11 Å². The summed E-state index contributed by atoms with van der Waals surface area (Å²) in [6, 6.07) is 3.90. The summed E-state index contributed by atoms with van der Waals surface area (Å²) in [4.78, 5) is 26.6. The molecule has 0 unspecified atom stereocenters. The molecule has 7 nitrogen and oxygen atoms in total. The molecule has 8 heteroatoms. The average molecular weight is 307 g/mol. The van der Waals surface area contributed by atoms with E-state index in [0.717, 1.165) is 17.0 Å². The fourth-order valence-electron chi connectivity index (χ4n) is 1.87. The van der Waals surface area contributed by atoms with Crippen LogP contribution in [0.15, 0.2) is 18.2 Å². The molecule has 1 aromatic carbocycles. The zero-order chi connectivity index (χ0) is 15.6. The molecule has 0 aliphatic carbocycles. The lowest BCUT2D eigenvalue weighted by Gasteiger charge is -2.04. The zero-order valence-corrected chi connectivity index (χ0v) is 12.2. The lowest BCUT2D eigenvalue weighted by atomic mass is 10.1. The van der Waals surface area contributed by atoms with Gasteiger partial charge in [-0.15, -0.1) is 11.3 Å². The van der Waals surface area contributed by atoms with Crippen molar-refractivity contribution >= 4 is 33.8 Å². The maximum atomic E-state index is 10.9. The Morgan fingerprint density at radius 3 is 2.76 bits per heavy atom. The van der Waals surface area contributed by atoms with Crippen LogP contribution in [0.3, 0.4) is 0 Å². The Labute approximate surface area is 124 Å². The summed E-state index contributed by atoms with van der Waals surface area (Å²) in [6.07, 6.45) is 0.808. The molecule has 0 aliphatic rings. The van der Waals surface area contributed by atoms with Crippen molar-refractivity contribution in [1.29, 1.82) is 0 Å². The van der Waals surface area contributed by atoms with Crippen molar-refractivity contribution in [2.45, 2.75) is 20.3 Å². The number of carbonyl (C=O) groups is 1. The number of aromatic carboxylic acids is 1. The quantitative estimate of drug-likeness (QED) is 0.648. The molecule has 2 N–H and O–H groups in total. The minimum Gasteiger partial charge on any atom is -0.477 e. The van der Waals surface area contributed by atoms with Gasteiger partial charge >= 0.3 is 5.97 Å². The van der Waals surface area contributed by atoms with Gasteiger partial charge in [0.05, 0.1) is 10.6 Å². The number of aryl methyl sites for hydroxylation is 2. The average Bonchev–Trinajstić information content (AvgIpc) is 2.78. The predicted octanol–water partition coefficient (Wildman–Crippen LogP) is 3.36. The molecule has 2 aromatic rings. The Balaban J connectivity index is 2.34. The molecule has 0 saturated carbocycles. The van der Waals surface area contributed by atoms with Crippen LogP contribution in [-0.4, -0.2) is 21.0 Å². The van der Waals surface area contributed by atoms with Crippen molar-refractivity contribution in [2.75, 3.05) is 5.32 Å². The largest absolute Gasteiger partial charge is 0.477 e. The van der Waals surface area contributed by atoms with Crippen molar-refractivity contribution < 1.29 is 14.8 Å². The minimum atomic E-state index is -1.33. The van der Waals surface area contributed by atoms with E-state index in [-0.39, 0.29) is 5.56 Å². The smallest absolute Gasteiger partial charge is 0.342 e. The van der Waals surface area contributed by atoms with Crippen LogP contribution in [0.2, 0.25) is 0 Å². The van der Waals surface area contributed by atoms with Crippen molar-refractivity contribution in [3.8, 4) is 0 Å². The molecule has 0 bridgehead atoms. The summed E-state index contributed by atoms with van der Waals surface area (Å²) >= 11 is 1.45. The Morgan fingerprint density at radius 1 is 1.52 bits per heavy atom. The maximum absolute atomic E-state index is 10.9. The summed E-state index contributed by atoms with van der Waals surface area (Å²) in [5.74, 6) is -1.33. The summed E-state index contributed by atoms with van der Waals surface area (Å²) < 4.78 is 0. The van der Waals surface area contributed by atoms with Gasteiger partial charge in [-0.3, -0.25) is 10.1 Å². The molecule has 1 aromatic heterocycles. The minimum absolute atomic E-state index is 0.338. The predicted molar refractivity (Wildman–Crippen MR) is 79.6 cm³/mol. The molecule has 0 spiro atoms. The van der Waals surface area contributed by atoms with E-state index in [2.05, 4.69) is 10.3 Å². The van der Waals surface area contributed by atoms with Crippen molar-refractivity contribution in [3.05, 3.63) is 44.4 Å². The topological polar surface area (TPSA) is 105 Å². The summed E-state index contributed by atoms with van der Waals surface area (Å²) in [6.45, 7) is 3.95. The van der Waals surface area contributed by atoms with Gasteiger partial charge in [0, 0.05) is 16.6 Å². The lowest BCUT2D eigenvalue weighted by molar-refractivity contribution is -0.385. The molecule has 0 amide bonds. The van der Waals surface area contributed by atoms with Gasteiger partial charge in [0.1, 0.15) is 5.56 Å². The second-order valence-electron chi connectivity index (χ2n) is 4.29. The van der Waals surface area contributed by atoms with Gasteiger partial charge in [-0.05, 0) is 25.5 Å². The number of nitro groups is 1. The highest BCUT2D eigenvalue weighted by molar-refractivity contribution is 7.15. The molecule has 0 fully saturated rings. The number of thiazole rings is 1. The highest BCUT2D eigenvalue weighted by Crippen LogP contribution is 2.29. The van der Waals surface area contributed by atoms with Gasteiger partial charge in [0.25, 0.3) is 5.69 Å². The Morgan fingerprint density at radius 2 is 2.24 bits per heavy atom. The van der Waals surface area contributed by atoms with Crippen molar-refractivity contribution in [1.82, 2.24) is 4.98 Å². The van der Waals surface area contributed by atoms with Gasteiger partial charge in [0.15, 0.2) is 5.13 Å². The van der Waals surface area contributed by atoms with Crippen LogP contribution >= 0.6 is 11.3 Å². The molecule has 0 radical (unpaired) electrons. The molecule has 0 aliphatic heterocycles.